The summed E-state index contributed by atoms with van der Waals surface area (Å²) in [5, 5.41) is 6.92. The molecule has 2 rings (SSSR count). The van der Waals surface area contributed by atoms with Crippen LogP contribution in [0.4, 0.5) is 16.3 Å². The lowest BCUT2D eigenvalue weighted by Gasteiger charge is -2.26. The van der Waals surface area contributed by atoms with Crippen molar-refractivity contribution in [2.24, 2.45) is 7.05 Å². The van der Waals surface area contributed by atoms with Gasteiger partial charge in [0.25, 0.3) is 0 Å². The van der Waals surface area contributed by atoms with E-state index < -0.39 is 0 Å². The molecule has 1 aromatic rings. The average Bonchev–Trinajstić information content (AvgIpc) is 2.57. The van der Waals surface area contributed by atoms with Gasteiger partial charge in [-0.05, 0) is 6.92 Å². The SMILES string of the molecule is Cc1nn(C)c(NC(=O)N2CCOCC2)c1N. The molecular formula is C10H17N5O2. The molecule has 94 valence electrons. The molecule has 17 heavy (non-hydrogen) atoms. The third-order valence-electron chi connectivity index (χ3n) is 2.79. The Labute approximate surface area is 99.5 Å². The standard InChI is InChI=1S/C10H17N5O2/c1-7-8(11)9(14(2)13-7)12-10(16)15-3-5-17-6-4-15/h3-6,11H2,1-2H3,(H,12,16). The summed E-state index contributed by atoms with van der Waals surface area (Å²) in [6.45, 7) is 4.16. The van der Waals surface area contributed by atoms with E-state index in [0.29, 0.717) is 43.5 Å². The highest BCUT2D eigenvalue weighted by Gasteiger charge is 2.19. The van der Waals surface area contributed by atoms with Gasteiger partial charge in [-0.25, -0.2) is 4.79 Å². The summed E-state index contributed by atoms with van der Waals surface area (Å²) in [6.07, 6.45) is 0. The highest BCUT2D eigenvalue weighted by Crippen LogP contribution is 2.21. The molecule has 0 radical (unpaired) electrons. The maximum Gasteiger partial charge on any atom is 0.323 e. The first kappa shape index (κ1) is 11.7. The maximum absolute atomic E-state index is 11.9. The predicted octanol–water partition coefficient (Wildman–Crippen LogP) is 0.175. The molecule has 0 saturated carbocycles. The highest BCUT2D eigenvalue weighted by atomic mass is 16.5. The third kappa shape index (κ3) is 2.33. The lowest BCUT2D eigenvalue weighted by atomic mass is 10.4. The number of hydrogen-bond acceptors (Lipinski definition) is 4. The first-order chi connectivity index (χ1) is 8.09. The molecule has 1 aliphatic heterocycles. The van der Waals surface area contributed by atoms with Gasteiger partial charge in [0.2, 0.25) is 0 Å². The summed E-state index contributed by atoms with van der Waals surface area (Å²) in [7, 11) is 1.75. The van der Waals surface area contributed by atoms with Crippen molar-refractivity contribution in [2.75, 3.05) is 37.4 Å². The van der Waals surface area contributed by atoms with Crippen molar-refractivity contribution in [3.05, 3.63) is 5.69 Å². The lowest BCUT2D eigenvalue weighted by Crippen LogP contribution is -2.43. The summed E-state index contributed by atoms with van der Waals surface area (Å²) in [6, 6.07) is -0.164. The second kappa shape index (κ2) is 4.62. The molecule has 2 amide bonds. The zero-order valence-electron chi connectivity index (χ0n) is 10.1. The first-order valence-electron chi connectivity index (χ1n) is 5.52. The van der Waals surface area contributed by atoms with Crippen molar-refractivity contribution in [3.63, 3.8) is 0 Å². The summed E-state index contributed by atoms with van der Waals surface area (Å²) < 4.78 is 6.76. The molecule has 1 saturated heterocycles. The van der Waals surface area contributed by atoms with Gasteiger partial charge in [-0.1, -0.05) is 0 Å². The van der Waals surface area contributed by atoms with Gasteiger partial charge in [-0.3, -0.25) is 10.00 Å². The summed E-state index contributed by atoms with van der Waals surface area (Å²) >= 11 is 0. The third-order valence-corrected chi connectivity index (χ3v) is 2.79. The van der Waals surface area contributed by atoms with Crippen molar-refractivity contribution in [3.8, 4) is 0 Å². The number of amides is 2. The summed E-state index contributed by atoms with van der Waals surface area (Å²) in [5.74, 6) is 0.541. The Kier molecular flexibility index (Phi) is 3.19. The molecule has 7 heteroatoms. The Hall–Kier alpha value is -1.76. The number of nitrogen functional groups attached to an aromatic ring is 1. The quantitative estimate of drug-likeness (QED) is 0.731. The normalized spacial score (nSPS) is 16.0. The molecule has 1 aliphatic rings. The fraction of sp³-hybridized carbons (Fsp3) is 0.600. The molecule has 1 fully saturated rings. The smallest absolute Gasteiger partial charge is 0.323 e. The number of carbonyl (C=O) groups excluding carboxylic acids is 1. The molecule has 7 nitrogen and oxygen atoms in total. The zero-order valence-corrected chi connectivity index (χ0v) is 10.1. The molecule has 0 atom stereocenters. The van der Waals surface area contributed by atoms with Crippen molar-refractivity contribution < 1.29 is 9.53 Å². The Bertz CT molecular complexity index is 423. The van der Waals surface area contributed by atoms with Gasteiger partial charge in [-0.15, -0.1) is 0 Å². The number of nitrogens with two attached hydrogens (primary N) is 1. The van der Waals surface area contributed by atoms with Crippen LogP contribution < -0.4 is 11.1 Å². The van der Waals surface area contributed by atoms with E-state index >= 15 is 0 Å². The molecule has 1 aromatic heterocycles. The van der Waals surface area contributed by atoms with Crippen LogP contribution >= 0.6 is 0 Å². The fourth-order valence-corrected chi connectivity index (χ4v) is 1.77. The van der Waals surface area contributed by atoms with Gasteiger partial charge in [0.05, 0.1) is 24.6 Å². The number of carbonyl (C=O) groups is 1. The fourth-order valence-electron chi connectivity index (χ4n) is 1.77. The number of aromatic nitrogens is 2. The van der Waals surface area contributed by atoms with E-state index in [1.54, 1.807) is 23.6 Å². The van der Waals surface area contributed by atoms with E-state index in [1.165, 1.54) is 0 Å². The van der Waals surface area contributed by atoms with Gasteiger partial charge in [0.1, 0.15) is 0 Å². The number of nitrogens with zero attached hydrogens (tertiary/aromatic N) is 3. The van der Waals surface area contributed by atoms with Gasteiger partial charge in [0.15, 0.2) is 5.82 Å². The van der Waals surface area contributed by atoms with Crippen molar-refractivity contribution in [2.45, 2.75) is 6.92 Å². The number of aryl methyl sites for hydroxylation is 2. The summed E-state index contributed by atoms with van der Waals surface area (Å²) in [5.41, 5.74) is 7.06. The Balaban J connectivity index is 2.07. The second-order valence-electron chi connectivity index (χ2n) is 4.00. The van der Waals surface area contributed by atoms with Crippen LogP contribution in [0.25, 0.3) is 0 Å². The molecule has 0 aliphatic carbocycles. The van der Waals surface area contributed by atoms with Crippen LogP contribution in [-0.2, 0) is 11.8 Å². The maximum atomic E-state index is 11.9. The molecule has 0 unspecified atom stereocenters. The zero-order chi connectivity index (χ0) is 12.4. The van der Waals surface area contributed by atoms with E-state index in [1.807, 2.05) is 0 Å². The van der Waals surface area contributed by atoms with Gasteiger partial charge < -0.3 is 15.4 Å². The number of rotatable bonds is 1. The molecule has 0 spiro atoms. The van der Waals surface area contributed by atoms with Crippen molar-refractivity contribution in [1.82, 2.24) is 14.7 Å². The molecular weight excluding hydrogens is 222 g/mol. The van der Waals surface area contributed by atoms with Gasteiger partial charge in [-0.2, -0.15) is 5.10 Å². The molecule has 0 bridgehead atoms. The Morgan fingerprint density at radius 2 is 2.12 bits per heavy atom. The summed E-state index contributed by atoms with van der Waals surface area (Å²) in [4.78, 5) is 13.6. The van der Waals surface area contributed by atoms with Crippen LogP contribution in [0.1, 0.15) is 5.69 Å². The van der Waals surface area contributed by atoms with Gasteiger partial charge >= 0.3 is 6.03 Å². The predicted molar refractivity (Wildman–Crippen MR) is 63.8 cm³/mol. The van der Waals surface area contributed by atoms with Crippen LogP contribution in [0.2, 0.25) is 0 Å². The van der Waals surface area contributed by atoms with Crippen molar-refractivity contribution in [1.29, 1.82) is 0 Å². The topological polar surface area (TPSA) is 85.4 Å². The number of nitrogens with one attached hydrogen (secondary N) is 1. The van der Waals surface area contributed by atoms with E-state index in [2.05, 4.69) is 10.4 Å². The largest absolute Gasteiger partial charge is 0.394 e. The molecule has 2 heterocycles. The second-order valence-corrected chi connectivity index (χ2v) is 4.00. The minimum Gasteiger partial charge on any atom is -0.394 e. The van der Waals surface area contributed by atoms with E-state index in [4.69, 9.17) is 10.5 Å². The average molecular weight is 239 g/mol. The van der Waals surface area contributed by atoms with Crippen molar-refractivity contribution >= 4 is 17.5 Å². The first-order valence-corrected chi connectivity index (χ1v) is 5.52. The molecule has 3 N–H and O–H groups in total. The number of hydrogen-bond donors (Lipinski definition) is 2. The van der Waals surface area contributed by atoms with Crippen LogP contribution in [0.3, 0.4) is 0 Å². The molecule has 0 aromatic carbocycles. The Morgan fingerprint density at radius 1 is 1.47 bits per heavy atom. The van der Waals surface area contributed by atoms with Crippen LogP contribution in [0, 0.1) is 6.92 Å². The van der Waals surface area contributed by atoms with E-state index in [0.717, 1.165) is 0 Å². The lowest BCUT2D eigenvalue weighted by molar-refractivity contribution is 0.0564. The van der Waals surface area contributed by atoms with Crippen LogP contribution in [0.15, 0.2) is 0 Å². The number of morpholine rings is 1. The van der Waals surface area contributed by atoms with Crippen LogP contribution in [0.5, 0.6) is 0 Å². The Morgan fingerprint density at radius 3 is 2.65 bits per heavy atom. The number of urea groups is 1. The van der Waals surface area contributed by atoms with Crippen LogP contribution in [-0.4, -0.2) is 47.0 Å². The van der Waals surface area contributed by atoms with Gasteiger partial charge in [0, 0.05) is 20.1 Å². The highest BCUT2D eigenvalue weighted by molar-refractivity contribution is 5.91. The minimum atomic E-state index is -0.164. The van der Waals surface area contributed by atoms with E-state index in [9.17, 15) is 4.79 Å². The number of anilines is 2. The minimum absolute atomic E-state index is 0.164. The van der Waals surface area contributed by atoms with E-state index in [-0.39, 0.29) is 6.03 Å². The number of ether oxygens (including phenoxy) is 1. The monoisotopic (exact) mass is 239 g/mol.